The summed E-state index contributed by atoms with van der Waals surface area (Å²) in [5.74, 6) is 6.87. The number of alkyl halides is 1. The summed E-state index contributed by atoms with van der Waals surface area (Å²) in [5.41, 5.74) is 2.06. The fourth-order valence-electron chi connectivity index (χ4n) is 1.59. The van der Waals surface area contributed by atoms with Crippen molar-refractivity contribution in [2.24, 2.45) is 0 Å². The number of hydrogen-bond acceptors (Lipinski definition) is 2. The lowest BCUT2D eigenvalue weighted by Gasteiger charge is -2.08. The van der Waals surface area contributed by atoms with Crippen molar-refractivity contribution in [1.29, 1.82) is 0 Å². The van der Waals surface area contributed by atoms with Crippen LogP contribution in [0.2, 0.25) is 0 Å². The molecular formula is C14H15ClO2. The molecule has 1 saturated heterocycles. The van der Waals surface area contributed by atoms with Crippen molar-refractivity contribution in [3.8, 4) is 11.8 Å². The van der Waals surface area contributed by atoms with Gasteiger partial charge in [-0.3, -0.25) is 0 Å². The zero-order chi connectivity index (χ0) is 11.9. The molecule has 1 aromatic carbocycles. The molecule has 1 aromatic rings. The zero-order valence-electron chi connectivity index (χ0n) is 9.62. The first kappa shape index (κ1) is 12.4. The van der Waals surface area contributed by atoms with Gasteiger partial charge >= 0.3 is 0 Å². The summed E-state index contributed by atoms with van der Waals surface area (Å²) in [6.45, 7) is 1.34. The van der Waals surface area contributed by atoms with E-state index in [1.165, 1.54) is 0 Å². The monoisotopic (exact) mass is 250 g/mol. The molecule has 1 heterocycles. The van der Waals surface area contributed by atoms with Crippen molar-refractivity contribution in [2.45, 2.75) is 19.1 Å². The summed E-state index contributed by atoms with van der Waals surface area (Å²) in [6.07, 6.45) is 1.59. The summed E-state index contributed by atoms with van der Waals surface area (Å²) < 4.78 is 10.8. The van der Waals surface area contributed by atoms with Crippen LogP contribution in [-0.4, -0.2) is 19.1 Å². The van der Waals surface area contributed by atoms with E-state index in [2.05, 4.69) is 11.8 Å². The van der Waals surface area contributed by atoms with Crippen LogP contribution in [0.1, 0.15) is 30.3 Å². The van der Waals surface area contributed by atoms with Gasteiger partial charge in [0.2, 0.25) is 0 Å². The molecule has 90 valence electrons. The van der Waals surface area contributed by atoms with E-state index in [-0.39, 0.29) is 6.29 Å². The Morgan fingerprint density at radius 2 is 1.88 bits per heavy atom. The fraction of sp³-hybridized carbons (Fsp3) is 0.429. The van der Waals surface area contributed by atoms with Gasteiger partial charge in [0, 0.05) is 23.4 Å². The van der Waals surface area contributed by atoms with Crippen LogP contribution in [0, 0.1) is 11.8 Å². The molecule has 0 amide bonds. The van der Waals surface area contributed by atoms with Crippen molar-refractivity contribution in [1.82, 2.24) is 0 Å². The molecule has 0 atom stereocenters. The predicted octanol–water partition coefficient (Wildman–Crippen LogP) is 3.10. The molecule has 0 radical (unpaired) electrons. The third-order valence-corrected chi connectivity index (χ3v) is 2.74. The molecule has 1 aliphatic rings. The highest BCUT2D eigenvalue weighted by Crippen LogP contribution is 2.22. The summed E-state index contributed by atoms with van der Waals surface area (Å²) in [5, 5.41) is 0. The molecule has 1 aliphatic heterocycles. The molecule has 17 heavy (non-hydrogen) atoms. The Kier molecular flexibility index (Phi) is 4.88. The average molecular weight is 251 g/mol. The minimum absolute atomic E-state index is 0.201. The predicted molar refractivity (Wildman–Crippen MR) is 67.9 cm³/mol. The summed E-state index contributed by atoms with van der Waals surface area (Å²) in [4.78, 5) is 0. The lowest BCUT2D eigenvalue weighted by Crippen LogP contribution is -1.97. The summed E-state index contributed by atoms with van der Waals surface area (Å²) in [6, 6.07) is 7.99. The first-order valence-corrected chi connectivity index (χ1v) is 6.31. The normalized spacial score (nSPS) is 15.6. The second-order valence-electron chi connectivity index (χ2n) is 3.79. The number of rotatable bonds is 3. The maximum Gasteiger partial charge on any atom is 0.184 e. The van der Waals surface area contributed by atoms with Gasteiger partial charge in [0.05, 0.1) is 13.2 Å². The topological polar surface area (TPSA) is 18.5 Å². The van der Waals surface area contributed by atoms with Crippen molar-refractivity contribution >= 4 is 11.6 Å². The Hall–Kier alpha value is -1.01. The van der Waals surface area contributed by atoms with Crippen LogP contribution in [0.3, 0.4) is 0 Å². The smallest absolute Gasteiger partial charge is 0.184 e. The quantitative estimate of drug-likeness (QED) is 0.466. The third kappa shape index (κ3) is 3.74. The molecule has 0 aliphatic carbocycles. The van der Waals surface area contributed by atoms with Crippen molar-refractivity contribution in [3.05, 3.63) is 35.4 Å². The highest BCUT2D eigenvalue weighted by molar-refractivity contribution is 6.17. The summed E-state index contributed by atoms with van der Waals surface area (Å²) >= 11 is 5.58. The van der Waals surface area contributed by atoms with Gasteiger partial charge in [-0.15, -0.1) is 11.6 Å². The van der Waals surface area contributed by atoms with Gasteiger partial charge in [0.25, 0.3) is 0 Å². The lowest BCUT2D eigenvalue weighted by molar-refractivity contribution is -0.0441. The first-order chi connectivity index (χ1) is 8.40. The Bertz CT molecular complexity index is 396. The molecule has 0 unspecified atom stereocenters. The Morgan fingerprint density at radius 1 is 1.18 bits per heavy atom. The fourth-order valence-corrected chi connectivity index (χ4v) is 1.73. The van der Waals surface area contributed by atoms with Gasteiger partial charge in [-0.1, -0.05) is 24.0 Å². The van der Waals surface area contributed by atoms with Crippen LogP contribution in [0.25, 0.3) is 0 Å². The Balaban J connectivity index is 1.94. The maximum atomic E-state index is 5.58. The van der Waals surface area contributed by atoms with E-state index >= 15 is 0 Å². The van der Waals surface area contributed by atoms with Gasteiger partial charge in [0.15, 0.2) is 6.29 Å². The molecule has 0 spiro atoms. The summed E-state index contributed by atoms with van der Waals surface area (Å²) in [7, 11) is 0. The molecule has 0 N–H and O–H groups in total. The van der Waals surface area contributed by atoms with Crippen molar-refractivity contribution < 1.29 is 9.47 Å². The zero-order valence-corrected chi connectivity index (χ0v) is 10.4. The first-order valence-electron chi connectivity index (χ1n) is 5.78. The van der Waals surface area contributed by atoms with E-state index < -0.39 is 0 Å². The largest absolute Gasteiger partial charge is 0.346 e. The molecule has 3 heteroatoms. The second-order valence-corrected chi connectivity index (χ2v) is 4.17. The van der Waals surface area contributed by atoms with Crippen molar-refractivity contribution in [2.75, 3.05) is 19.1 Å². The standard InChI is InChI=1S/C14H15ClO2/c15-9-3-1-2-4-12-5-7-13(8-6-12)14-16-10-11-17-14/h5-8,14H,1,3,9-11H2. The van der Waals surface area contributed by atoms with Crippen LogP contribution >= 0.6 is 11.6 Å². The number of halogens is 1. The SMILES string of the molecule is ClCCCC#Cc1ccc(C2OCCO2)cc1. The van der Waals surface area contributed by atoms with E-state index in [0.29, 0.717) is 19.1 Å². The highest BCUT2D eigenvalue weighted by atomic mass is 35.5. The Morgan fingerprint density at radius 3 is 2.53 bits per heavy atom. The van der Waals surface area contributed by atoms with Crippen LogP contribution in [0.4, 0.5) is 0 Å². The molecule has 2 rings (SSSR count). The molecule has 2 nitrogen and oxygen atoms in total. The number of unbranched alkanes of at least 4 members (excludes halogenated alkanes) is 1. The lowest BCUT2D eigenvalue weighted by atomic mass is 10.1. The minimum Gasteiger partial charge on any atom is -0.346 e. The van der Waals surface area contributed by atoms with E-state index in [4.69, 9.17) is 21.1 Å². The van der Waals surface area contributed by atoms with E-state index in [9.17, 15) is 0 Å². The van der Waals surface area contributed by atoms with Crippen molar-refractivity contribution in [3.63, 3.8) is 0 Å². The van der Waals surface area contributed by atoms with Gasteiger partial charge in [-0.2, -0.15) is 0 Å². The van der Waals surface area contributed by atoms with Gasteiger partial charge in [-0.25, -0.2) is 0 Å². The van der Waals surface area contributed by atoms with Crippen LogP contribution in [0.15, 0.2) is 24.3 Å². The molecule has 0 bridgehead atoms. The minimum atomic E-state index is -0.201. The molecular weight excluding hydrogens is 236 g/mol. The van der Waals surface area contributed by atoms with Crippen LogP contribution in [-0.2, 0) is 9.47 Å². The van der Waals surface area contributed by atoms with Gasteiger partial charge in [0.1, 0.15) is 0 Å². The van der Waals surface area contributed by atoms with E-state index in [0.717, 1.165) is 24.0 Å². The van der Waals surface area contributed by atoms with Gasteiger partial charge < -0.3 is 9.47 Å². The highest BCUT2D eigenvalue weighted by Gasteiger charge is 2.17. The molecule has 1 fully saturated rings. The maximum absolute atomic E-state index is 5.58. The third-order valence-electron chi connectivity index (χ3n) is 2.47. The molecule has 0 aromatic heterocycles. The van der Waals surface area contributed by atoms with Gasteiger partial charge in [-0.05, 0) is 18.6 Å². The number of benzene rings is 1. The Labute approximate surface area is 107 Å². The van der Waals surface area contributed by atoms with E-state index in [1.54, 1.807) is 0 Å². The van der Waals surface area contributed by atoms with Crippen LogP contribution < -0.4 is 0 Å². The van der Waals surface area contributed by atoms with Crippen LogP contribution in [0.5, 0.6) is 0 Å². The molecule has 0 saturated carbocycles. The average Bonchev–Trinajstić information content (AvgIpc) is 2.89. The number of hydrogen-bond donors (Lipinski definition) is 0. The number of ether oxygens (including phenoxy) is 2. The van der Waals surface area contributed by atoms with E-state index in [1.807, 2.05) is 24.3 Å². The second kappa shape index (κ2) is 6.66.